The van der Waals surface area contributed by atoms with E-state index in [0.717, 1.165) is 48.0 Å². The van der Waals surface area contributed by atoms with Crippen molar-refractivity contribution >= 4 is 0 Å². The minimum absolute atomic E-state index is 0.181. The molecule has 0 fully saturated rings. The lowest BCUT2D eigenvalue weighted by Crippen LogP contribution is -2.02. The number of benzene rings is 2. The van der Waals surface area contributed by atoms with Gasteiger partial charge in [0, 0.05) is 17.5 Å². The van der Waals surface area contributed by atoms with E-state index >= 15 is 0 Å². The summed E-state index contributed by atoms with van der Waals surface area (Å²) in [6, 6.07) is 12.3. The maximum Gasteiger partial charge on any atom is 0.231 e. The Balaban J connectivity index is 1.81. The van der Waals surface area contributed by atoms with Crippen LogP contribution in [-0.4, -0.2) is 20.0 Å². The van der Waals surface area contributed by atoms with E-state index < -0.39 is 0 Å². The molecule has 4 heteroatoms. The van der Waals surface area contributed by atoms with E-state index in [2.05, 4.69) is 26.0 Å². The molecule has 1 atom stereocenters. The van der Waals surface area contributed by atoms with Crippen LogP contribution in [0.2, 0.25) is 0 Å². The monoisotopic (exact) mass is 342 g/mol. The van der Waals surface area contributed by atoms with E-state index in [-0.39, 0.29) is 12.7 Å². The zero-order valence-corrected chi connectivity index (χ0v) is 15.2. The normalized spacial score (nSPS) is 13.6. The molecule has 1 aliphatic rings. The third kappa shape index (κ3) is 4.01. The minimum atomic E-state index is 0.181. The number of unbranched alkanes of at least 4 members (excludes halogenated alkanes) is 1. The first-order valence-corrected chi connectivity index (χ1v) is 9.02. The van der Waals surface area contributed by atoms with Crippen LogP contribution in [0.25, 0.3) is 0 Å². The highest BCUT2D eigenvalue weighted by Crippen LogP contribution is 2.42. The second-order valence-electron chi connectivity index (χ2n) is 6.17. The second kappa shape index (κ2) is 8.15. The Labute approximate surface area is 149 Å². The molecule has 25 heavy (non-hydrogen) atoms. The smallest absolute Gasteiger partial charge is 0.231 e. The Bertz CT molecular complexity index is 694. The Morgan fingerprint density at radius 3 is 2.40 bits per heavy atom. The number of fused-ring (bicyclic) bond motifs is 1. The zero-order valence-electron chi connectivity index (χ0n) is 15.2. The highest BCUT2D eigenvalue weighted by atomic mass is 16.7. The van der Waals surface area contributed by atoms with Crippen LogP contribution >= 0.6 is 0 Å². The Hall–Kier alpha value is -2.36. The maximum absolute atomic E-state index is 5.83. The van der Waals surface area contributed by atoms with E-state index in [1.54, 1.807) is 0 Å². The minimum Gasteiger partial charge on any atom is -0.494 e. The van der Waals surface area contributed by atoms with Crippen molar-refractivity contribution < 1.29 is 18.9 Å². The molecule has 3 rings (SSSR count). The average Bonchev–Trinajstić information content (AvgIpc) is 3.09. The van der Waals surface area contributed by atoms with Crippen molar-refractivity contribution in [3.05, 3.63) is 47.5 Å². The number of rotatable bonds is 8. The van der Waals surface area contributed by atoms with Gasteiger partial charge in [-0.3, -0.25) is 0 Å². The first kappa shape index (κ1) is 17.5. The first-order valence-electron chi connectivity index (χ1n) is 9.02. The fourth-order valence-electron chi connectivity index (χ4n) is 2.92. The molecular weight excluding hydrogens is 316 g/mol. The summed E-state index contributed by atoms with van der Waals surface area (Å²) in [4.78, 5) is 0. The molecule has 0 N–H and O–H groups in total. The maximum atomic E-state index is 5.83. The summed E-state index contributed by atoms with van der Waals surface area (Å²) in [6.45, 7) is 7.97. The average molecular weight is 342 g/mol. The summed E-state index contributed by atoms with van der Waals surface area (Å²) in [5.41, 5.74) is 2.31. The summed E-state index contributed by atoms with van der Waals surface area (Å²) < 4.78 is 22.6. The van der Waals surface area contributed by atoms with E-state index in [9.17, 15) is 0 Å². The molecule has 0 saturated heterocycles. The molecule has 1 heterocycles. The molecule has 0 aliphatic carbocycles. The van der Waals surface area contributed by atoms with Gasteiger partial charge in [0.15, 0.2) is 11.5 Å². The number of ether oxygens (including phenoxy) is 4. The molecule has 0 unspecified atom stereocenters. The molecule has 2 aromatic rings. The fourth-order valence-corrected chi connectivity index (χ4v) is 2.92. The van der Waals surface area contributed by atoms with Crippen molar-refractivity contribution in [2.75, 3.05) is 20.0 Å². The molecule has 0 radical (unpaired) electrons. The Morgan fingerprint density at radius 1 is 1.00 bits per heavy atom. The summed E-state index contributed by atoms with van der Waals surface area (Å²) >= 11 is 0. The van der Waals surface area contributed by atoms with Crippen LogP contribution < -0.4 is 18.9 Å². The van der Waals surface area contributed by atoms with Gasteiger partial charge in [-0.15, -0.1) is 0 Å². The Morgan fingerprint density at radius 2 is 1.72 bits per heavy atom. The van der Waals surface area contributed by atoms with Crippen LogP contribution in [0.1, 0.15) is 50.7 Å². The molecular formula is C21H26O4. The van der Waals surface area contributed by atoms with E-state index in [0.29, 0.717) is 6.61 Å². The third-order valence-electron chi connectivity index (χ3n) is 4.42. The van der Waals surface area contributed by atoms with Crippen LogP contribution in [0, 0.1) is 0 Å². The molecule has 4 nitrogen and oxygen atoms in total. The molecule has 0 aromatic heterocycles. The molecule has 134 valence electrons. The number of hydrogen-bond acceptors (Lipinski definition) is 4. The largest absolute Gasteiger partial charge is 0.494 e. The quantitative estimate of drug-likeness (QED) is 0.622. The zero-order chi connectivity index (χ0) is 17.6. The fraction of sp³-hybridized carbons (Fsp3) is 0.429. The second-order valence-corrected chi connectivity index (χ2v) is 6.17. The molecule has 2 aromatic carbocycles. The molecule has 1 aliphatic heterocycles. The van der Waals surface area contributed by atoms with Gasteiger partial charge in [0.25, 0.3) is 0 Å². The highest BCUT2D eigenvalue weighted by Gasteiger charge is 2.22. The molecule has 0 bridgehead atoms. The van der Waals surface area contributed by atoms with Crippen LogP contribution in [0.3, 0.4) is 0 Å². The topological polar surface area (TPSA) is 36.9 Å². The highest BCUT2D eigenvalue weighted by molar-refractivity contribution is 5.54. The molecule has 0 saturated carbocycles. The predicted octanol–water partition coefficient (Wildman–Crippen LogP) is 5.14. The van der Waals surface area contributed by atoms with Gasteiger partial charge in [-0.1, -0.05) is 32.4 Å². The van der Waals surface area contributed by atoms with Gasteiger partial charge >= 0.3 is 0 Å². The van der Waals surface area contributed by atoms with Crippen LogP contribution in [0.5, 0.6) is 23.0 Å². The van der Waals surface area contributed by atoms with Gasteiger partial charge in [0.05, 0.1) is 13.2 Å². The molecule has 0 amide bonds. The summed E-state index contributed by atoms with van der Waals surface area (Å²) in [5, 5.41) is 0. The third-order valence-corrected chi connectivity index (χ3v) is 4.42. The first-order chi connectivity index (χ1) is 12.2. The van der Waals surface area contributed by atoms with Crippen LogP contribution in [-0.2, 0) is 0 Å². The summed E-state index contributed by atoms with van der Waals surface area (Å²) in [5.74, 6) is 3.48. The van der Waals surface area contributed by atoms with Crippen molar-refractivity contribution in [3.63, 3.8) is 0 Å². The van der Waals surface area contributed by atoms with Crippen LogP contribution in [0.4, 0.5) is 0 Å². The van der Waals surface area contributed by atoms with Gasteiger partial charge in [0.2, 0.25) is 6.79 Å². The van der Waals surface area contributed by atoms with Gasteiger partial charge in [-0.05, 0) is 37.1 Å². The van der Waals surface area contributed by atoms with E-state index in [1.165, 1.54) is 5.56 Å². The van der Waals surface area contributed by atoms with Crippen LogP contribution in [0.15, 0.2) is 36.4 Å². The van der Waals surface area contributed by atoms with Crippen molar-refractivity contribution in [2.45, 2.75) is 39.5 Å². The lowest BCUT2D eigenvalue weighted by atomic mass is 9.92. The van der Waals surface area contributed by atoms with E-state index in [1.807, 2.05) is 31.2 Å². The van der Waals surface area contributed by atoms with Crippen molar-refractivity contribution in [1.29, 1.82) is 0 Å². The number of hydrogen-bond donors (Lipinski definition) is 0. The summed E-state index contributed by atoms with van der Waals surface area (Å²) in [6.07, 6.45) is 2.21. The predicted molar refractivity (Wildman–Crippen MR) is 98.1 cm³/mol. The standard InChI is InChI=1S/C21H26O4/c1-4-6-11-23-17-9-7-16(8-10-17)15(3)18-12-20-21(25-14-24-20)13-19(18)22-5-2/h7-10,12-13,15H,4-6,11,14H2,1-3H3/t15-/m1/s1. The lowest BCUT2D eigenvalue weighted by Gasteiger charge is -2.18. The van der Waals surface area contributed by atoms with Crippen molar-refractivity contribution in [1.82, 2.24) is 0 Å². The van der Waals surface area contributed by atoms with Crippen molar-refractivity contribution in [3.8, 4) is 23.0 Å². The van der Waals surface area contributed by atoms with E-state index in [4.69, 9.17) is 18.9 Å². The van der Waals surface area contributed by atoms with Gasteiger partial charge in [-0.25, -0.2) is 0 Å². The molecule has 0 spiro atoms. The summed E-state index contributed by atoms with van der Waals surface area (Å²) in [7, 11) is 0. The lowest BCUT2D eigenvalue weighted by molar-refractivity contribution is 0.173. The SMILES string of the molecule is CCCCOc1ccc([C@@H](C)c2cc3c(cc2OCC)OCO3)cc1. The van der Waals surface area contributed by atoms with Crippen molar-refractivity contribution in [2.24, 2.45) is 0 Å². The van der Waals surface area contributed by atoms with Gasteiger partial charge in [-0.2, -0.15) is 0 Å². The Kier molecular flexibility index (Phi) is 5.69. The van der Waals surface area contributed by atoms with Gasteiger partial charge < -0.3 is 18.9 Å². The van der Waals surface area contributed by atoms with Gasteiger partial charge in [0.1, 0.15) is 11.5 Å².